The average molecular weight is 934 g/mol. The van der Waals surface area contributed by atoms with E-state index in [2.05, 4.69) is 65.4 Å². The number of piperazine rings is 1. The van der Waals surface area contributed by atoms with Crippen molar-refractivity contribution in [2.75, 3.05) is 84.2 Å². The molecular formula is C48H62F3N9O7. The van der Waals surface area contributed by atoms with Crippen LogP contribution in [0.25, 0.3) is 33.2 Å². The number of imidazole rings is 1. The van der Waals surface area contributed by atoms with Crippen molar-refractivity contribution in [3.05, 3.63) is 76.5 Å². The van der Waals surface area contributed by atoms with E-state index >= 15 is 0 Å². The van der Waals surface area contributed by atoms with Crippen LogP contribution in [0.2, 0.25) is 0 Å². The van der Waals surface area contributed by atoms with Crippen molar-refractivity contribution in [2.24, 2.45) is 7.05 Å². The Balaban J connectivity index is 0.693. The predicted molar refractivity (Wildman–Crippen MR) is 247 cm³/mol. The Bertz CT molecular complexity index is 2510. The fourth-order valence-corrected chi connectivity index (χ4v) is 9.40. The number of aliphatic hydroxyl groups is 1. The van der Waals surface area contributed by atoms with Crippen LogP contribution in [0.4, 0.5) is 19.1 Å². The molecule has 0 unspecified atom stereocenters. The molecule has 0 bridgehead atoms. The van der Waals surface area contributed by atoms with Crippen LogP contribution in [-0.4, -0.2) is 142 Å². The highest BCUT2D eigenvalue weighted by Crippen LogP contribution is 2.37. The molecule has 3 aromatic heterocycles. The first-order valence-corrected chi connectivity index (χ1v) is 23.6. The lowest BCUT2D eigenvalue weighted by atomic mass is 9.93. The summed E-state index contributed by atoms with van der Waals surface area (Å²) < 4.78 is 60.9. The van der Waals surface area contributed by atoms with E-state index in [1.54, 1.807) is 17.8 Å². The number of hydrogen-bond donors (Lipinski definition) is 3. The van der Waals surface area contributed by atoms with Gasteiger partial charge in [-0.25, -0.2) is 9.78 Å². The van der Waals surface area contributed by atoms with Gasteiger partial charge in [-0.2, -0.15) is 18.2 Å². The van der Waals surface area contributed by atoms with E-state index in [1.165, 1.54) is 10.1 Å². The summed E-state index contributed by atoms with van der Waals surface area (Å²) in [7, 11) is 1.70. The van der Waals surface area contributed by atoms with Gasteiger partial charge in [0.25, 0.3) is 0 Å². The minimum absolute atomic E-state index is 0.131. The highest BCUT2D eigenvalue weighted by Gasteiger charge is 2.32. The van der Waals surface area contributed by atoms with Crippen LogP contribution in [0.1, 0.15) is 74.6 Å². The molecule has 362 valence electrons. The molecule has 19 heteroatoms. The van der Waals surface area contributed by atoms with Gasteiger partial charge in [-0.05, 0) is 73.8 Å². The van der Waals surface area contributed by atoms with Gasteiger partial charge in [0, 0.05) is 95.3 Å². The number of nitrogens with zero attached hydrogens (tertiary/aromatic N) is 7. The van der Waals surface area contributed by atoms with E-state index in [4.69, 9.17) is 14.2 Å². The van der Waals surface area contributed by atoms with Gasteiger partial charge in [0.05, 0.1) is 56.6 Å². The Hall–Kier alpha value is -5.18. The summed E-state index contributed by atoms with van der Waals surface area (Å²) in [6.07, 6.45) is 3.30. The number of amides is 2. The molecule has 3 fully saturated rings. The monoisotopic (exact) mass is 933 g/mol. The topological polar surface area (TPSA) is 170 Å². The maximum Gasteiger partial charge on any atom is 0.390 e. The minimum Gasteiger partial charge on any atom is -0.393 e. The molecule has 0 spiro atoms. The first-order chi connectivity index (χ1) is 32.4. The van der Waals surface area contributed by atoms with Gasteiger partial charge in [0.1, 0.15) is 11.7 Å². The molecule has 67 heavy (non-hydrogen) atoms. The van der Waals surface area contributed by atoms with E-state index < -0.39 is 24.5 Å². The lowest BCUT2D eigenvalue weighted by Gasteiger charge is -2.34. The molecule has 0 radical (unpaired) electrons. The smallest absolute Gasteiger partial charge is 0.390 e. The number of alkyl halides is 3. The summed E-state index contributed by atoms with van der Waals surface area (Å²) >= 11 is 0. The van der Waals surface area contributed by atoms with E-state index in [0.29, 0.717) is 70.1 Å². The fraction of sp³-hybridized carbons (Fsp3) is 0.562. The highest BCUT2D eigenvalue weighted by molar-refractivity contribution is 6.00. The van der Waals surface area contributed by atoms with Gasteiger partial charge in [-0.3, -0.25) is 33.8 Å². The third-order valence-electron chi connectivity index (χ3n) is 13.2. The zero-order valence-corrected chi connectivity index (χ0v) is 38.1. The first kappa shape index (κ1) is 48.3. The van der Waals surface area contributed by atoms with Crippen molar-refractivity contribution in [1.82, 2.24) is 38.8 Å². The van der Waals surface area contributed by atoms with Crippen LogP contribution >= 0.6 is 0 Å². The average Bonchev–Trinajstić information content (AvgIpc) is 3.80. The molecule has 3 N–H and O–H groups in total. The van der Waals surface area contributed by atoms with E-state index in [9.17, 15) is 32.7 Å². The first-order valence-electron chi connectivity index (χ1n) is 23.6. The number of nitrogens with one attached hydrogen (secondary N) is 2. The van der Waals surface area contributed by atoms with Gasteiger partial charge in [0.15, 0.2) is 0 Å². The Morgan fingerprint density at radius 1 is 0.836 bits per heavy atom. The number of benzene rings is 2. The largest absolute Gasteiger partial charge is 0.393 e. The van der Waals surface area contributed by atoms with Crippen molar-refractivity contribution in [1.29, 1.82) is 0 Å². The number of anilines is 1. The second kappa shape index (κ2) is 22.3. The number of carbonyl (C=O) groups excluding carboxylic acids is 2. The van der Waals surface area contributed by atoms with Gasteiger partial charge < -0.3 is 29.2 Å². The second-order valence-corrected chi connectivity index (χ2v) is 17.9. The number of aryl methyl sites for hydroxylation is 2. The molecule has 2 saturated heterocycles. The lowest BCUT2D eigenvalue weighted by molar-refractivity contribution is -0.136. The highest BCUT2D eigenvalue weighted by atomic mass is 19.4. The summed E-state index contributed by atoms with van der Waals surface area (Å²) in [5.41, 5.74) is 6.11. The van der Waals surface area contributed by atoms with Crippen molar-refractivity contribution in [2.45, 2.75) is 88.7 Å². The van der Waals surface area contributed by atoms with Crippen LogP contribution in [0.5, 0.6) is 0 Å². The summed E-state index contributed by atoms with van der Waals surface area (Å²) in [5.74, 6) is -0.584. The Labute approximate surface area is 387 Å². The van der Waals surface area contributed by atoms with E-state index in [-0.39, 0.29) is 42.7 Å². The standard InChI is InChI=1S/C48H62F3N9O7/c1-56-42-29-33(6-13-40(42)60(47(56)64)41-14-15-43(62)54-45(41)63)3-2-23-65-25-27-67-28-26-66-24-22-57-18-20-58(21-19-57)31-34-4-7-35(8-5-34)39-32-59(36-9-11-37(61)12-10-36)44-38(39)30-53-46(55-44)52-17-16-48(49,50)51/h4-8,13,29-30,32,36-37,41,61H,2-3,9-12,14-28,31H2,1H3,(H,52,53,55)(H,54,62,63)/t36?,37?,41-/m0/s1. The van der Waals surface area contributed by atoms with Gasteiger partial charge in [-0.15, -0.1) is 0 Å². The molecular weight excluding hydrogens is 872 g/mol. The molecule has 3 aliphatic rings. The maximum atomic E-state index is 13.0. The summed E-state index contributed by atoms with van der Waals surface area (Å²) in [6.45, 7) is 8.48. The number of aliphatic hydroxyl groups excluding tert-OH is 1. The number of rotatable bonds is 21. The number of piperidine rings is 1. The quantitative estimate of drug-likeness (QED) is 0.0637. The minimum atomic E-state index is -4.27. The molecule has 1 aliphatic carbocycles. The van der Waals surface area contributed by atoms with Crippen LogP contribution in [0.3, 0.4) is 0 Å². The molecule has 1 atom stereocenters. The van der Waals surface area contributed by atoms with Crippen LogP contribution in [0, 0.1) is 0 Å². The Morgan fingerprint density at radius 2 is 1.52 bits per heavy atom. The summed E-state index contributed by atoms with van der Waals surface area (Å²) in [5, 5.41) is 16.0. The normalized spacial score (nSPS) is 20.0. The van der Waals surface area contributed by atoms with Crippen LogP contribution in [0.15, 0.2) is 59.7 Å². The molecule has 8 rings (SSSR count). The third kappa shape index (κ3) is 12.5. The molecule has 16 nitrogen and oxygen atoms in total. The van der Waals surface area contributed by atoms with Crippen molar-refractivity contribution < 1.29 is 42.1 Å². The van der Waals surface area contributed by atoms with Crippen molar-refractivity contribution in [3.8, 4) is 11.1 Å². The Kier molecular flexibility index (Phi) is 16.1. The van der Waals surface area contributed by atoms with Crippen molar-refractivity contribution in [3.63, 3.8) is 0 Å². The van der Waals surface area contributed by atoms with Gasteiger partial charge in [0.2, 0.25) is 17.8 Å². The van der Waals surface area contributed by atoms with Crippen molar-refractivity contribution >= 4 is 39.8 Å². The van der Waals surface area contributed by atoms with Crippen LogP contribution < -0.4 is 16.3 Å². The summed E-state index contributed by atoms with van der Waals surface area (Å²) in [6, 6.07) is 13.8. The fourth-order valence-electron chi connectivity index (χ4n) is 9.40. The molecule has 5 heterocycles. The predicted octanol–water partition coefficient (Wildman–Crippen LogP) is 5.37. The van der Waals surface area contributed by atoms with E-state index in [1.807, 2.05) is 18.2 Å². The number of fused-ring (bicyclic) bond motifs is 2. The number of halogens is 3. The molecule has 5 aromatic rings. The zero-order chi connectivity index (χ0) is 46.9. The Morgan fingerprint density at radius 3 is 2.24 bits per heavy atom. The second-order valence-electron chi connectivity index (χ2n) is 17.9. The zero-order valence-electron chi connectivity index (χ0n) is 38.1. The number of aromatic nitrogens is 5. The molecule has 1 saturated carbocycles. The third-order valence-corrected chi connectivity index (χ3v) is 13.2. The number of carbonyl (C=O) groups is 2. The summed E-state index contributed by atoms with van der Waals surface area (Å²) in [4.78, 5) is 51.0. The lowest BCUT2D eigenvalue weighted by Crippen LogP contribution is -2.46. The SMILES string of the molecule is Cn1c(=O)n([C@H]2CCC(=O)NC2=O)c2ccc(CCCOCCOCCOCCN3CCN(Cc4ccc(-c5cn(C6CCC(O)CC6)c6nc(NCCC(F)(F)F)ncc56)cc4)CC3)cc21. The van der Waals surface area contributed by atoms with Crippen LogP contribution in [-0.2, 0) is 43.8 Å². The van der Waals surface area contributed by atoms with Gasteiger partial charge >= 0.3 is 11.9 Å². The van der Waals surface area contributed by atoms with Gasteiger partial charge in [-0.1, -0.05) is 30.3 Å². The number of ether oxygens (including phenoxy) is 3. The molecule has 2 aliphatic heterocycles. The number of imide groups is 1. The maximum absolute atomic E-state index is 13.0. The molecule has 2 aromatic carbocycles. The number of hydrogen-bond acceptors (Lipinski definition) is 12. The van der Waals surface area contributed by atoms with E-state index in [0.717, 1.165) is 92.5 Å². The molecule has 2 amide bonds.